The molecule has 1 saturated carbocycles. The van der Waals surface area contributed by atoms with E-state index in [4.69, 9.17) is 0 Å². The van der Waals surface area contributed by atoms with E-state index < -0.39 is 5.60 Å². The highest BCUT2D eigenvalue weighted by molar-refractivity contribution is 5.78. The van der Waals surface area contributed by atoms with E-state index in [1.807, 2.05) is 13.8 Å². The molecular weight excluding hydrogens is 240 g/mol. The number of nitrogens with one attached hydrogen (secondary N) is 2. The largest absolute Gasteiger partial charge is 0.389 e. The quantitative estimate of drug-likeness (QED) is 0.620. The molecule has 0 spiro atoms. The van der Waals surface area contributed by atoms with Crippen LogP contribution in [-0.4, -0.2) is 35.7 Å². The summed E-state index contributed by atoms with van der Waals surface area (Å²) in [4.78, 5) is 11.8. The molecule has 1 rings (SSSR count). The molecule has 3 N–H and O–H groups in total. The Bertz CT molecular complexity index is 257. The van der Waals surface area contributed by atoms with Gasteiger partial charge in [-0.05, 0) is 25.7 Å². The smallest absolute Gasteiger partial charge is 0.234 e. The van der Waals surface area contributed by atoms with E-state index >= 15 is 0 Å². The zero-order valence-electron chi connectivity index (χ0n) is 12.5. The molecule has 0 saturated heterocycles. The molecule has 19 heavy (non-hydrogen) atoms. The first-order chi connectivity index (χ1) is 9.09. The van der Waals surface area contributed by atoms with Crippen LogP contribution >= 0.6 is 0 Å². The third-order valence-corrected chi connectivity index (χ3v) is 4.28. The summed E-state index contributed by atoms with van der Waals surface area (Å²) in [5.41, 5.74) is -0.678. The molecule has 0 aromatic heterocycles. The van der Waals surface area contributed by atoms with E-state index in [1.165, 1.54) is 25.7 Å². The van der Waals surface area contributed by atoms with Crippen molar-refractivity contribution in [3.8, 4) is 0 Å². The van der Waals surface area contributed by atoms with Gasteiger partial charge in [-0.1, -0.05) is 39.5 Å². The van der Waals surface area contributed by atoms with Crippen LogP contribution in [0.3, 0.4) is 0 Å². The number of amides is 1. The van der Waals surface area contributed by atoms with E-state index in [0.29, 0.717) is 32.0 Å². The van der Waals surface area contributed by atoms with Gasteiger partial charge in [-0.2, -0.15) is 0 Å². The van der Waals surface area contributed by atoms with Crippen molar-refractivity contribution in [2.24, 2.45) is 0 Å². The minimum Gasteiger partial charge on any atom is -0.389 e. The maximum absolute atomic E-state index is 11.8. The Balaban J connectivity index is 2.20. The van der Waals surface area contributed by atoms with Crippen LogP contribution in [0.4, 0.5) is 0 Å². The van der Waals surface area contributed by atoms with E-state index in [1.54, 1.807) is 0 Å². The number of rotatable bonds is 7. The second-order valence-corrected chi connectivity index (χ2v) is 5.79. The fraction of sp³-hybridized carbons (Fsp3) is 0.933. The van der Waals surface area contributed by atoms with Gasteiger partial charge in [0, 0.05) is 12.6 Å². The predicted octanol–water partition coefficient (Wildman–Crippen LogP) is 1.97. The third-order valence-electron chi connectivity index (χ3n) is 4.28. The van der Waals surface area contributed by atoms with Crippen LogP contribution in [0.1, 0.15) is 65.2 Å². The van der Waals surface area contributed by atoms with Gasteiger partial charge < -0.3 is 15.7 Å². The minimum atomic E-state index is -0.678. The predicted molar refractivity (Wildman–Crippen MR) is 78.0 cm³/mol. The lowest BCUT2D eigenvalue weighted by Crippen LogP contribution is -2.45. The molecule has 0 aliphatic heterocycles. The number of aliphatic hydroxyl groups is 1. The van der Waals surface area contributed by atoms with Crippen molar-refractivity contribution in [3.63, 3.8) is 0 Å². The Hall–Kier alpha value is -0.610. The summed E-state index contributed by atoms with van der Waals surface area (Å²) in [7, 11) is 0. The van der Waals surface area contributed by atoms with Crippen molar-refractivity contribution < 1.29 is 9.90 Å². The number of hydrogen-bond acceptors (Lipinski definition) is 3. The van der Waals surface area contributed by atoms with Crippen LogP contribution in [0, 0.1) is 0 Å². The first kappa shape index (κ1) is 16.4. The van der Waals surface area contributed by atoms with Crippen molar-refractivity contribution in [3.05, 3.63) is 0 Å². The Morgan fingerprint density at radius 2 is 1.74 bits per heavy atom. The van der Waals surface area contributed by atoms with Crippen molar-refractivity contribution in [1.29, 1.82) is 0 Å². The van der Waals surface area contributed by atoms with Gasteiger partial charge in [0.25, 0.3) is 0 Å². The average Bonchev–Trinajstić information content (AvgIpc) is 2.67. The lowest BCUT2D eigenvalue weighted by molar-refractivity contribution is -0.121. The maximum Gasteiger partial charge on any atom is 0.234 e. The van der Waals surface area contributed by atoms with Crippen LogP contribution in [0.2, 0.25) is 0 Å². The SMILES string of the molecule is CCC(O)(CC)CNCC(=O)NC1CCCCCC1. The van der Waals surface area contributed by atoms with Crippen LogP contribution in [0.25, 0.3) is 0 Å². The fourth-order valence-electron chi connectivity index (χ4n) is 2.61. The Kier molecular flexibility index (Phi) is 7.39. The molecule has 0 atom stereocenters. The molecular formula is C15H30N2O2. The van der Waals surface area contributed by atoms with E-state index in [-0.39, 0.29) is 5.91 Å². The highest BCUT2D eigenvalue weighted by Gasteiger charge is 2.22. The van der Waals surface area contributed by atoms with Gasteiger partial charge in [0.2, 0.25) is 5.91 Å². The molecule has 112 valence electrons. The Morgan fingerprint density at radius 1 is 1.16 bits per heavy atom. The summed E-state index contributed by atoms with van der Waals surface area (Å²) >= 11 is 0. The van der Waals surface area contributed by atoms with Gasteiger partial charge in [0.05, 0.1) is 12.1 Å². The van der Waals surface area contributed by atoms with Gasteiger partial charge in [0.15, 0.2) is 0 Å². The van der Waals surface area contributed by atoms with Gasteiger partial charge >= 0.3 is 0 Å². The van der Waals surface area contributed by atoms with Crippen molar-refractivity contribution in [2.75, 3.05) is 13.1 Å². The van der Waals surface area contributed by atoms with Crippen molar-refractivity contribution in [1.82, 2.24) is 10.6 Å². The number of carbonyl (C=O) groups is 1. The summed E-state index contributed by atoms with van der Waals surface area (Å²) in [5, 5.41) is 16.3. The van der Waals surface area contributed by atoms with Crippen LogP contribution in [0.15, 0.2) is 0 Å². The normalized spacial score (nSPS) is 18.1. The zero-order chi connectivity index (χ0) is 14.1. The van der Waals surface area contributed by atoms with Gasteiger partial charge in [-0.3, -0.25) is 4.79 Å². The lowest BCUT2D eigenvalue weighted by atomic mass is 9.98. The molecule has 0 radical (unpaired) electrons. The average molecular weight is 270 g/mol. The molecule has 1 fully saturated rings. The maximum atomic E-state index is 11.8. The molecule has 0 bridgehead atoms. The van der Waals surface area contributed by atoms with Crippen LogP contribution < -0.4 is 10.6 Å². The van der Waals surface area contributed by atoms with Crippen molar-refractivity contribution in [2.45, 2.75) is 76.9 Å². The third kappa shape index (κ3) is 6.39. The van der Waals surface area contributed by atoms with Crippen molar-refractivity contribution >= 4 is 5.91 Å². The first-order valence-corrected chi connectivity index (χ1v) is 7.82. The Labute approximate surface area is 117 Å². The zero-order valence-corrected chi connectivity index (χ0v) is 12.5. The second-order valence-electron chi connectivity index (χ2n) is 5.79. The molecule has 0 heterocycles. The van der Waals surface area contributed by atoms with Gasteiger partial charge in [-0.15, -0.1) is 0 Å². The summed E-state index contributed by atoms with van der Waals surface area (Å²) < 4.78 is 0. The minimum absolute atomic E-state index is 0.0569. The molecule has 0 aromatic rings. The van der Waals surface area contributed by atoms with E-state index in [9.17, 15) is 9.90 Å². The Morgan fingerprint density at radius 3 is 2.26 bits per heavy atom. The van der Waals surface area contributed by atoms with Crippen LogP contribution in [0.5, 0.6) is 0 Å². The summed E-state index contributed by atoms with van der Waals surface area (Å²) in [6.45, 7) is 4.73. The highest BCUT2D eigenvalue weighted by Crippen LogP contribution is 2.17. The molecule has 4 nitrogen and oxygen atoms in total. The number of carbonyl (C=O) groups excluding carboxylic acids is 1. The monoisotopic (exact) mass is 270 g/mol. The molecule has 0 unspecified atom stereocenters. The molecule has 1 aliphatic carbocycles. The van der Waals surface area contributed by atoms with E-state index in [0.717, 1.165) is 12.8 Å². The van der Waals surface area contributed by atoms with Crippen LogP contribution in [-0.2, 0) is 4.79 Å². The highest BCUT2D eigenvalue weighted by atomic mass is 16.3. The fourth-order valence-corrected chi connectivity index (χ4v) is 2.61. The molecule has 1 aliphatic rings. The molecule has 4 heteroatoms. The summed E-state index contributed by atoms with van der Waals surface area (Å²) in [6.07, 6.45) is 8.68. The molecule has 0 aromatic carbocycles. The standard InChI is InChI=1S/C15H30N2O2/c1-3-15(19,4-2)12-16-11-14(18)17-13-9-7-5-6-8-10-13/h13,16,19H,3-12H2,1-2H3,(H,17,18). The van der Waals surface area contributed by atoms with E-state index in [2.05, 4.69) is 10.6 Å². The summed E-state index contributed by atoms with van der Waals surface area (Å²) in [5.74, 6) is 0.0569. The lowest BCUT2D eigenvalue weighted by Gasteiger charge is -2.25. The van der Waals surface area contributed by atoms with Gasteiger partial charge in [-0.25, -0.2) is 0 Å². The topological polar surface area (TPSA) is 61.4 Å². The summed E-state index contributed by atoms with van der Waals surface area (Å²) in [6, 6.07) is 0.355. The van der Waals surface area contributed by atoms with Gasteiger partial charge in [0.1, 0.15) is 0 Å². The first-order valence-electron chi connectivity index (χ1n) is 7.82. The number of hydrogen-bond donors (Lipinski definition) is 3. The molecule has 1 amide bonds. The second kappa shape index (κ2) is 8.54.